The average Bonchev–Trinajstić information content (AvgIpc) is 2.62. The van der Waals surface area contributed by atoms with Gasteiger partial charge >= 0.3 is 5.97 Å². The number of rotatable bonds is 8. The summed E-state index contributed by atoms with van der Waals surface area (Å²) in [5, 5.41) is 14.3. The molecule has 2 atom stereocenters. The van der Waals surface area contributed by atoms with E-state index in [0.29, 0.717) is 5.69 Å². The van der Waals surface area contributed by atoms with Crippen molar-refractivity contribution in [3.63, 3.8) is 0 Å². The highest BCUT2D eigenvalue weighted by Gasteiger charge is 2.24. The van der Waals surface area contributed by atoms with Crippen molar-refractivity contribution < 1.29 is 19.5 Å². The maximum atomic E-state index is 12.2. The summed E-state index contributed by atoms with van der Waals surface area (Å²) in [4.78, 5) is 39.7. The van der Waals surface area contributed by atoms with Gasteiger partial charge in [0.15, 0.2) is 0 Å². The molecule has 1 heterocycles. The van der Waals surface area contributed by atoms with Crippen LogP contribution in [0.3, 0.4) is 0 Å². The minimum atomic E-state index is -1.13. The Morgan fingerprint density at radius 1 is 1.04 bits per heavy atom. The van der Waals surface area contributed by atoms with Crippen LogP contribution in [0.25, 0.3) is 0 Å². The molecule has 7 nitrogen and oxygen atoms in total. The first-order valence-corrected chi connectivity index (χ1v) is 8.22. The van der Waals surface area contributed by atoms with Gasteiger partial charge in [-0.15, -0.1) is 0 Å². The van der Waals surface area contributed by atoms with Crippen molar-refractivity contribution in [1.29, 1.82) is 0 Å². The van der Waals surface area contributed by atoms with E-state index in [-0.39, 0.29) is 18.7 Å². The number of hydrogen-bond donors (Lipinski definition) is 3. The Morgan fingerprint density at radius 3 is 2.35 bits per heavy atom. The first-order chi connectivity index (χ1) is 12.5. The minimum absolute atomic E-state index is 0.0465. The Morgan fingerprint density at radius 2 is 1.73 bits per heavy atom. The molecule has 0 saturated heterocycles. The zero-order chi connectivity index (χ0) is 18.9. The Kier molecular flexibility index (Phi) is 6.84. The van der Waals surface area contributed by atoms with E-state index in [1.807, 2.05) is 6.07 Å². The molecular formula is C19H21N3O4. The van der Waals surface area contributed by atoms with Crippen molar-refractivity contribution in [2.24, 2.45) is 0 Å². The van der Waals surface area contributed by atoms with Crippen LogP contribution in [0.15, 0.2) is 54.7 Å². The van der Waals surface area contributed by atoms with E-state index in [0.717, 1.165) is 5.56 Å². The molecular weight excluding hydrogens is 334 g/mol. The van der Waals surface area contributed by atoms with Gasteiger partial charge in [0.1, 0.15) is 12.1 Å². The first-order valence-electron chi connectivity index (χ1n) is 8.22. The standard InChI is InChI=1S/C19H21N3O4/c1-13(21-17(23)12-15-9-5-6-10-20-15)18(24)22-16(19(25)26)11-14-7-3-2-4-8-14/h2-10,13,16H,11-12H2,1H3,(H,21,23)(H,22,24)(H,25,26)/t13-,16-/m0/s1. The summed E-state index contributed by atoms with van der Waals surface area (Å²) in [6.45, 7) is 1.51. The van der Waals surface area contributed by atoms with E-state index in [4.69, 9.17) is 0 Å². The molecule has 0 aliphatic rings. The van der Waals surface area contributed by atoms with Crippen molar-refractivity contribution >= 4 is 17.8 Å². The fraction of sp³-hybridized carbons (Fsp3) is 0.263. The summed E-state index contributed by atoms with van der Waals surface area (Å²) in [5.41, 5.74) is 1.39. The lowest BCUT2D eigenvalue weighted by molar-refractivity contribution is -0.142. The third kappa shape index (κ3) is 6.01. The molecule has 0 aliphatic carbocycles. The number of nitrogens with one attached hydrogen (secondary N) is 2. The third-order valence-electron chi connectivity index (χ3n) is 3.74. The molecule has 26 heavy (non-hydrogen) atoms. The molecule has 0 aliphatic heterocycles. The van der Waals surface area contributed by atoms with Gasteiger partial charge in [0.05, 0.1) is 6.42 Å². The van der Waals surface area contributed by atoms with Crippen LogP contribution in [-0.4, -0.2) is 40.0 Å². The number of amides is 2. The molecule has 0 saturated carbocycles. The van der Waals surface area contributed by atoms with Gasteiger partial charge in [-0.05, 0) is 24.6 Å². The van der Waals surface area contributed by atoms with Crippen molar-refractivity contribution in [3.8, 4) is 0 Å². The lowest BCUT2D eigenvalue weighted by atomic mass is 10.1. The third-order valence-corrected chi connectivity index (χ3v) is 3.74. The average molecular weight is 355 g/mol. The number of carbonyl (C=O) groups is 3. The topological polar surface area (TPSA) is 108 Å². The molecule has 0 fully saturated rings. The van der Waals surface area contributed by atoms with E-state index in [1.54, 1.807) is 48.7 Å². The highest BCUT2D eigenvalue weighted by molar-refractivity contribution is 5.90. The molecule has 136 valence electrons. The number of pyridine rings is 1. The quantitative estimate of drug-likeness (QED) is 0.653. The summed E-state index contributed by atoms with van der Waals surface area (Å²) in [5.74, 6) is -2.04. The van der Waals surface area contributed by atoms with Crippen molar-refractivity contribution in [3.05, 3.63) is 66.0 Å². The SMILES string of the molecule is C[C@H](NC(=O)Cc1ccccn1)C(=O)N[C@@H](Cc1ccccc1)C(=O)O. The molecule has 7 heteroatoms. The number of nitrogens with zero attached hydrogens (tertiary/aromatic N) is 1. The molecule has 2 rings (SSSR count). The fourth-order valence-electron chi connectivity index (χ4n) is 2.37. The fourth-order valence-corrected chi connectivity index (χ4v) is 2.37. The maximum absolute atomic E-state index is 12.2. The normalized spacial score (nSPS) is 12.7. The Bertz CT molecular complexity index is 750. The van der Waals surface area contributed by atoms with Gasteiger partial charge in [0.25, 0.3) is 0 Å². The highest BCUT2D eigenvalue weighted by atomic mass is 16.4. The Labute approximate surface area is 151 Å². The summed E-state index contributed by atoms with van der Waals surface area (Å²) >= 11 is 0. The molecule has 0 bridgehead atoms. The lowest BCUT2D eigenvalue weighted by Crippen LogP contribution is -2.51. The van der Waals surface area contributed by atoms with Crippen LogP contribution < -0.4 is 10.6 Å². The Hall–Kier alpha value is -3.22. The number of aromatic nitrogens is 1. The molecule has 2 amide bonds. The van der Waals surface area contributed by atoms with Crippen LogP contribution in [0.5, 0.6) is 0 Å². The van der Waals surface area contributed by atoms with Crippen molar-refractivity contribution in [2.45, 2.75) is 31.8 Å². The second-order valence-electron chi connectivity index (χ2n) is 5.88. The maximum Gasteiger partial charge on any atom is 0.326 e. The van der Waals surface area contributed by atoms with Gasteiger partial charge < -0.3 is 15.7 Å². The van der Waals surface area contributed by atoms with Crippen LogP contribution in [0.2, 0.25) is 0 Å². The van der Waals surface area contributed by atoms with Gasteiger partial charge in [-0.25, -0.2) is 4.79 Å². The smallest absolute Gasteiger partial charge is 0.326 e. The zero-order valence-corrected chi connectivity index (χ0v) is 14.4. The number of aliphatic carboxylic acids is 1. The highest BCUT2D eigenvalue weighted by Crippen LogP contribution is 2.04. The summed E-state index contributed by atoms with van der Waals surface area (Å²) in [6, 6.07) is 12.3. The van der Waals surface area contributed by atoms with E-state index < -0.39 is 24.0 Å². The minimum Gasteiger partial charge on any atom is -0.480 e. The molecule has 0 unspecified atom stereocenters. The van der Waals surface area contributed by atoms with Gasteiger partial charge in [0, 0.05) is 18.3 Å². The number of carbonyl (C=O) groups excluding carboxylic acids is 2. The summed E-state index contributed by atoms with van der Waals surface area (Å²) in [6.07, 6.45) is 1.79. The largest absolute Gasteiger partial charge is 0.480 e. The van der Waals surface area contributed by atoms with E-state index >= 15 is 0 Å². The first kappa shape index (κ1) is 19.1. The molecule has 0 radical (unpaired) electrons. The number of hydrogen-bond acceptors (Lipinski definition) is 4. The zero-order valence-electron chi connectivity index (χ0n) is 14.4. The van der Waals surface area contributed by atoms with E-state index in [1.165, 1.54) is 6.92 Å². The van der Waals surface area contributed by atoms with E-state index in [2.05, 4.69) is 15.6 Å². The van der Waals surface area contributed by atoms with Crippen LogP contribution >= 0.6 is 0 Å². The number of carboxylic acid groups (broad SMARTS) is 1. The van der Waals surface area contributed by atoms with Gasteiger partial charge in [-0.3, -0.25) is 14.6 Å². The van der Waals surface area contributed by atoms with Crippen molar-refractivity contribution in [1.82, 2.24) is 15.6 Å². The van der Waals surface area contributed by atoms with Gasteiger partial charge in [0.2, 0.25) is 11.8 Å². The van der Waals surface area contributed by atoms with Gasteiger partial charge in [-0.2, -0.15) is 0 Å². The monoisotopic (exact) mass is 355 g/mol. The van der Waals surface area contributed by atoms with Crippen LogP contribution in [0, 0.1) is 0 Å². The molecule has 1 aromatic carbocycles. The molecule has 3 N–H and O–H groups in total. The van der Waals surface area contributed by atoms with Crippen LogP contribution in [0.1, 0.15) is 18.2 Å². The second-order valence-corrected chi connectivity index (χ2v) is 5.88. The summed E-state index contributed by atoms with van der Waals surface area (Å²) < 4.78 is 0. The second kappa shape index (κ2) is 9.31. The molecule has 2 aromatic rings. The predicted molar refractivity (Wildman–Crippen MR) is 95.3 cm³/mol. The number of benzene rings is 1. The molecule has 1 aromatic heterocycles. The number of carboxylic acids is 1. The van der Waals surface area contributed by atoms with E-state index in [9.17, 15) is 19.5 Å². The van der Waals surface area contributed by atoms with Crippen molar-refractivity contribution in [2.75, 3.05) is 0 Å². The van der Waals surface area contributed by atoms with Crippen LogP contribution in [-0.2, 0) is 27.2 Å². The van der Waals surface area contributed by atoms with Gasteiger partial charge in [-0.1, -0.05) is 36.4 Å². The Balaban J connectivity index is 1.89. The molecule has 0 spiro atoms. The summed E-state index contributed by atoms with van der Waals surface area (Å²) in [7, 11) is 0. The lowest BCUT2D eigenvalue weighted by Gasteiger charge is -2.19. The predicted octanol–water partition coefficient (Wildman–Crippen LogP) is 0.941. The van der Waals surface area contributed by atoms with Crippen LogP contribution in [0.4, 0.5) is 0 Å².